The third-order valence-electron chi connectivity index (χ3n) is 3.19. The fraction of sp³-hybridized carbons (Fsp3) is 0.333. The standard InChI is InChI=1S/C12H21.2C6H5.Pt/c1-3-5-7-9-11-12-10-8-6-4-2;2*1-2-4-6-5-3-1;/h1,3,5,7H,4,6,8-12H2,2H3;2*1-5H;/q3*-1;. The van der Waals surface area contributed by atoms with Gasteiger partial charge in [0, 0.05) is 21.1 Å². The molecule has 2 rings (SSSR count). The molecule has 140 valence electrons. The van der Waals surface area contributed by atoms with Gasteiger partial charge in [-0.05, 0) is 0 Å². The van der Waals surface area contributed by atoms with Crippen LogP contribution in [0.4, 0.5) is 0 Å². The van der Waals surface area contributed by atoms with Gasteiger partial charge in [0.1, 0.15) is 0 Å². The molecule has 0 unspecified atom stereocenters. The molecule has 0 spiro atoms. The molecule has 1 heteroatoms. The van der Waals surface area contributed by atoms with Gasteiger partial charge in [-0.3, -0.25) is 6.58 Å². The van der Waals surface area contributed by atoms with Crippen molar-refractivity contribution in [2.75, 3.05) is 0 Å². The first-order valence-corrected chi connectivity index (χ1v) is 8.94. The molecular formula is C24H31Pt-3. The maximum atomic E-state index is 5.20. The van der Waals surface area contributed by atoms with Crippen LogP contribution in [0.2, 0.25) is 0 Å². The number of rotatable bonds is 8. The normalized spacial score (nSPS) is 9.00. The van der Waals surface area contributed by atoms with Crippen molar-refractivity contribution in [1.29, 1.82) is 0 Å². The molecule has 0 aromatic heterocycles. The summed E-state index contributed by atoms with van der Waals surface area (Å²) >= 11 is 0. The van der Waals surface area contributed by atoms with Gasteiger partial charge < -0.3 is 0 Å². The molecule has 0 heterocycles. The smallest absolute Gasteiger partial charge is 0 e. The first kappa shape index (κ1) is 25.8. The zero-order chi connectivity index (χ0) is 17.6. The number of hydrogen-bond acceptors (Lipinski definition) is 0. The summed E-state index contributed by atoms with van der Waals surface area (Å²) in [5.74, 6) is 0. The van der Waals surface area contributed by atoms with Gasteiger partial charge in [0.15, 0.2) is 0 Å². The molecule has 0 nitrogen and oxygen atoms in total. The van der Waals surface area contributed by atoms with Gasteiger partial charge in [-0.2, -0.15) is 78.9 Å². The minimum atomic E-state index is 0. The summed E-state index contributed by atoms with van der Waals surface area (Å²) in [7, 11) is 0. The molecule has 0 N–H and O–H groups in total. The van der Waals surface area contributed by atoms with E-state index in [0.717, 1.165) is 0 Å². The summed E-state index contributed by atoms with van der Waals surface area (Å²) in [4.78, 5) is 0. The van der Waals surface area contributed by atoms with Gasteiger partial charge in [0.2, 0.25) is 0 Å². The topological polar surface area (TPSA) is 0 Å². The molecule has 25 heavy (non-hydrogen) atoms. The third-order valence-corrected chi connectivity index (χ3v) is 3.19. The second-order valence-electron chi connectivity index (χ2n) is 5.33. The summed E-state index contributed by atoms with van der Waals surface area (Å²) < 4.78 is 0. The van der Waals surface area contributed by atoms with E-state index in [4.69, 9.17) is 6.58 Å². The van der Waals surface area contributed by atoms with E-state index >= 15 is 0 Å². The van der Waals surface area contributed by atoms with Crippen molar-refractivity contribution in [1.82, 2.24) is 0 Å². The first-order valence-electron chi connectivity index (χ1n) is 8.94. The number of unbranched alkanes of at least 4 members (excludes halogenated alkanes) is 6. The SMILES string of the molecule is [CH-]=CC=CCCCCCCCC.[Pt].[c-]1ccccc1.[c-]1ccccc1. The van der Waals surface area contributed by atoms with Crippen LogP contribution in [-0.2, 0) is 21.1 Å². The molecular weight excluding hydrogens is 483 g/mol. The second-order valence-corrected chi connectivity index (χ2v) is 5.33. The van der Waals surface area contributed by atoms with Crippen LogP contribution in [0, 0.1) is 18.7 Å². The maximum absolute atomic E-state index is 5.20. The van der Waals surface area contributed by atoms with Crippen LogP contribution in [0.3, 0.4) is 0 Å². The Morgan fingerprint density at radius 1 is 0.720 bits per heavy atom. The van der Waals surface area contributed by atoms with Crippen LogP contribution in [0.25, 0.3) is 0 Å². The molecule has 0 saturated carbocycles. The zero-order valence-corrected chi connectivity index (χ0v) is 17.6. The summed E-state index contributed by atoms with van der Waals surface area (Å²) in [6.07, 6.45) is 15.1. The molecule has 0 amide bonds. The molecule has 0 atom stereocenters. The van der Waals surface area contributed by atoms with Gasteiger partial charge in [-0.1, -0.05) is 51.9 Å². The van der Waals surface area contributed by atoms with E-state index in [-0.39, 0.29) is 21.1 Å². The van der Waals surface area contributed by atoms with E-state index in [2.05, 4.69) is 25.1 Å². The van der Waals surface area contributed by atoms with Crippen molar-refractivity contribution in [3.63, 3.8) is 0 Å². The van der Waals surface area contributed by atoms with Crippen LogP contribution < -0.4 is 0 Å². The Kier molecular flexibility index (Phi) is 25.7. The fourth-order valence-corrected chi connectivity index (χ4v) is 1.90. The zero-order valence-electron chi connectivity index (χ0n) is 15.3. The monoisotopic (exact) mass is 514 g/mol. The van der Waals surface area contributed by atoms with E-state index in [0.29, 0.717) is 0 Å². The van der Waals surface area contributed by atoms with Gasteiger partial charge in [-0.25, -0.2) is 12.2 Å². The number of allylic oxidation sites excluding steroid dienone is 3. The minimum absolute atomic E-state index is 0. The molecule has 0 radical (unpaired) electrons. The van der Waals surface area contributed by atoms with Crippen molar-refractivity contribution in [3.8, 4) is 0 Å². The Labute approximate surface area is 170 Å². The van der Waals surface area contributed by atoms with Crippen molar-refractivity contribution in [2.24, 2.45) is 0 Å². The van der Waals surface area contributed by atoms with E-state index < -0.39 is 0 Å². The van der Waals surface area contributed by atoms with Crippen LogP contribution in [-0.4, -0.2) is 0 Å². The number of hydrogen-bond donors (Lipinski definition) is 0. The molecule has 2 aromatic carbocycles. The van der Waals surface area contributed by atoms with Crippen LogP contribution in [0.15, 0.2) is 78.9 Å². The minimum Gasteiger partial charge on any atom is -0.293 e. The molecule has 0 aliphatic carbocycles. The first-order chi connectivity index (χ1) is 11.9. The predicted octanol–water partition coefficient (Wildman–Crippen LogP) is 7.25. The molecule has 0 fully saturated rings. The Bertz CT molecular complexity index is 377. The quantitative estimate of drug-likeness (QED) is 0.198. The van der Waals surface area contributed by atoms with Gasteiger partial charge in [-0.15, -0.1) is 0 Å². The Hall–Kier alpha value is -1.39. The van der Waals surface area contributed by atoms with Crippen LogP contribution >= 0.6 is 0 Å². The van der Waals surface area contributed by atoms with E-state index in [1.165, 1.54) is 44.9 Å². The average molecular weight is 515 g/mol. The molecule has 2 aromatic rings. The second kappa shape index (κ2) is 24.9. The third kappa shape index (κ3) is 25.0. The Morgan fingerprint density at radius 2 is 1.20 bits per heavy atom. The van der Waals surface area contributed by atoms with Crippen LogP contribution in [0.5, 0.6) is 0 Å². The summed E-state index contributed by atoms with van der Waals surface area (Å²) in [6, 6.07) is 25.0. The predicted molar refractivity (Wildman–Crippen MR) is 107 cm³/mol. The van der Waals surface area contributed by atoms with Crippen molar-refractivity contribution in [2.45, 2.75) is 51.9 Å². The fourth-order valence-electron chi connectivity index (χ4n) is 1.90. The van der Waals surface area contributed by atoms with E-state index in [1.807, 2.05) is 66.7 Å². The molecule has 0 bridgehead atoms. The average Bonchev–Trinajstić information content (AvgIpc) is 2.68. The summed E-state index contributed by atoms with van der Waals surface area (Å²) in [5, 5.41) is 0. The molecule has 0 saturated heterocycles. The van der Waals surface area contributed by atoms with Crippen molar-refractivity contribution in [3.05, 3.63) is 97.6 Å². The van der Waals surface area contributed by atoms with Crippen molar-refractivity contribution >= 4 is 0 Å². The number of benzene rings is 2. The largest absolute Gasteiger partial charge is 0.293 e. The summed E-state index contributed by atoms with van der Waals surface area (Å²) in [5.41, 5.74) is 0. The van der Waals surface area contributed by atoms with E-state index in [9.17, 15) is 0 Å². The van der Waals surface area contributed by atoms with Gasteiger partial charge in [0.25, 0.3) is 0 Å². The molecule has 0 aliphatic rings. The van der Waals surface area contributed by atoms with Gasteiger partial charge in [0.05, 0.1) is 0 Å². The van der Waals surface area contributed by atoms with Crippen LogP contribution in [0.1, 0.15) is 51.9 Å². The van der Waals surface area contributed by atoms with Crippen molar-refractivity contribution < 1.29 is 21.1 Å². The molecule has 0 aliphatic heterocycles. The van der Waals surface area contributed by atoms with Gasteiger partial charge >= 0.3 is 0 Å². The maximum Gasteiger partial charge on any atom is 0 e. The summed E-state index contributed by atoms with van der Waals surface area (Å²) in [6.45, 7) is 7.45. The Balaban J connectivity index is 0. The Morgan fingerprint density at radius 3 is 1.56 bits per heavy atom. The van der Waals surface area contributed by atoms with E-state index in [1.54, 1.807) is 6.08 Å².